The summed E-state index contributed by atoms with van der Waals surface area (Å²) in [4.78, 5) is 15.6. The summed E-state index contributed by atoms with van der Waals surface area (Å²) in [5.74, 6) is -0.0662. The molecule has 0 aromatic carbocycles. The molecule has 1 saturated heterocycles. The summed E-state index contributed by atoms with van der Waals surface area (Å²) < 4.78 is 5.89. The van der Waals surface area contributed by atoms with Gasteiger partial charge in [0.05, 0.1) is 12.7 Å². The van der Waals surface area contributed by atoms with Gasteiger partial charge in [-0.1, -0.05) is 26.8 Å². The first-order valence-corrected chi connectivity index (χ1v) is 6.24. The van der Waals surface area contributed by atoms with E-state index in [4.69, 9.17) is 11.3 Å². The lowest BCUT2D eigenvalue weighted by atomic mass is 9.59. The average molecular weight is 233 g/mol. The molecule has 92 valence electrons. The van der Waals surface area contributed by atoms with Crippen molar-refractivity contribution in [3.05, 3.63) is 23.2 Å². The van der Waals surface area contributed by atoms with E-state index in [9.17, 15) is 4.79 Å². The van der Waals surface area contributed by atoms with E-state index in [1.165, 1.54) is 0 Å². The third-order valence-electron chi connectivity index (χ3n) is 4.27. The molecule has 17 heavy (non-hydrogen) atoms. The van der Waals surface area contributed by atoms with Gasteiger partial charge in [0, 0.05) is 17.4 Å². The molecule has 0 bridgehead atoms. The molecule has 0 aromatic rings. The van der Waals surface area contributed by atoms with Crippen molar-refractivity contribution in [3.8, 4) is 0 Å². The molecule has 0 spiro atoms. The predicted molar refractivity (Wildman–Crippen MR) is 65.2 cm³/mol. The fraction of sp³-hybridized carbons (Fsp3) is 0.714. The molecule has 1 aliphatic carbocycles. The Kier molecular flexibility index (Phi) is 2.87. The van der Waals surface area contributed by atoms with Gasteiger partial charge in [-0.2, -0.15) is 0 Å². The monoisotopic (exact) mass is 233 g/mol. The van der Waals surface area contributed by atoms with Gasteiger partial charge in [-0.3, -0.25) is 0 Å². The lowest BCUT2D eigenvalue weighted by molar-refractivity contribution is -0.155. The number of nitrogens with zero attached hydrogens (tertiary/aromatic N) is 1. The number of ether oxygens (including phenoxy) is 1. The molecule has 2 rings (SSSR count). The Morgan fingerprint density at radius 3 is 2.88 bits per heavy atom. The number of rotatable bonds is 1. The Balaban J connectivity index is 2.56. The zero-order chi connectivity index (χ0) is 12.7. The van der Waals surface area contributed by atoms with E-state index in [1.54, 1.807) is 0 Å². The summed E-state index contributed by atoms with van der Waals surface area (Å²) in [6.07, 6.45) is 4.76. The second-order valence-corrected chi connectivity index (χ2v) is 5.63. The molecule has 0 radical (unpaired) electrons. The number of Topliss-reactive ketones (excluding diaryl/α,β-unsaturated/α-hetero) is 1. The zero-order valence-corrected chi connectivity index (χ0v) is 10.7. The summed E-state index contributed by atoms with van der Waals surface area (Å²) in [6, 6.07) is 0. The largest absolute Gasteiger partial charge is 0.376 e. The van der Waals surface area contributed by atoms with Crippen LogP contribution in [0.4, 0.5) is 0 Å². The summed E-state index contributed by atoms with van der Waals surface area (Å²) >= 11 is 0. The third kappa shape index (κ3) is 1.63. The highest BCUT2D eigenvalue weighted by Crippen LogP contribution is 2.51. The minimum Gasteiger partial charge on any atom is -0.376 e. The molecule has 0 saturated carbocycles. The average Bonchev–Trinajstić information content (AvgIpc) is 2.34. The van der Waals surface area contributed by atoms with Crippen LogP contribution in [0.5, 0.6) is 0 Å². The Labute approximate surface area is 103 Å². The summed E-state index contributed by atoms with van der Waals surface area (Å²) in [6.45, 7) is 13.8. The first kappa shape index (κ1) is 12.3. The van der Waals surface area contributed by atoms with Crippen LogP contribution in [0, 0.1) is 17.4 Å². The standard InChI is InChI=1S/C14H19NO2/c1-5-14-7-6-8-17-12(14)13(2,3)11(16)10(9-14)15-4/h9,12H,5-8H2,1-3H3/t12-,14-/m0/s1. The van der Waals surface area contributed by atoms with Gasteiger partial charge < -0.3 is 9.53 Å². The molecule has 0 amide bonds. The Bertz CT molecular complexity index is 416. The lowest BCUT2D eigenvalue weighted by Gasteiger charge is -2.51. The van der Waals surface area contributed by atoms with Gasteiger partial charge in [-0.05, 0) is 19.3 Å². The van der Waals surface area contributed by atoms with Crippen molar-refractivity contribution in [2.45, 2.75) is 46.1 Å². The molecule has 3 nitrogen and oxygen atoms in total. The van der Waals surface area contributed by atoms with Crippen molar-refractivity contribution in [2.24, 2.45) is 10.8 Å². The molecule has 1 fully saturated rings. The van der Waals surface area contributed by atoms with Crippen LogP contribution in [-0.2, 0) is 9.53 Å². The quantitative estimate of drug-likeness (QED) is 0.652. The highest BCUT2D eigenvalue weighted by Gasteiger charge is 2.54. The molecule has 2 aliphatic rings. The lowest BCUT2D eigenvalue weighted by Crippen LogP contribution is -2.55. The minimum atomic E-state index is -0.578. The second kappa shape index (κ2) is 3.96. The van der Waals surface area contributed by atoms with E-state index < -0.39 is 5.41 Å². The van der Waals surface area contributed by atoms with Crippen molar-refractivity contribution >= 4 is 5.78 Å². The number of carbonyl (C=O) groups is 1. The SMILES string of the molecule is [C-]#[N+]C1=C[C@]2(CC)CCCO[C@H]2C(C)(C)C1=O. The molecular formula is C14H19NO2. The molecule has 0 unspecified atom stereocenters. The van der Waals surface area contributed by atoms with Crippen LogP contribution in [-0.4, -0.2) is 18.5 Å². The van der Waals surface area contributed by atoms with Crippen LogP contribution in [0.2, 0.25) is 0 Å². The van der Waals surface area contributed by atoms with Gasteiger partial charge in [-0.25, -0.2) is 4.85 Å². The molecule has 1 aliphatic heterocycles. The van der Waals surface area contributed by atoms with Crippen LogP contribution in [0.1, 0.15) is 40.0 Å². The van der Waals surface area contributed by atoms with Crippen LogP contribution in [0.25, 0.3) is 4.85 Å². The van der Waals surface area contributed by atoms with Crippen molar-refractivity contribution in [1.29, 1.82) is 0 Å². The molecule has 0 aromatic heterocycles. The Hall–Kier alpha value is -1.14. The highest BCUT2D eigenvalue weighted by atomic mass is 16.5. The predicted octanol–water partition coefficient (Wildman–Crippen LogP) is 2.97. The van der Waals surface area contributed by atoms with Crippen LogP contribution in [0.15, 0.2) is 11.8 Å². The van der Waals surface area contributed by atoms with Crippen molar-refractivity contribution in [1.82, 2.24) is 0 Å². The number of carbonyl (C=O) groups excluding carboxylic acids is 1. The molecular weight excluding hydrogens is 214 g/mol. The van der Waals surface area contributed by atoms with Gasteiger partial charge in [0.15, 0.2) is 5.78 Å². The highest BCUT2D eigenvalue weighted by molar-refractivity contribution is 6.02. The van der Waals surface area contributed by atoms with Gasteiger partial charge in [0.1, 0.15) is 0 Å². The minimum absolute atomic E-state index is 0.0662. The topological polar surface area (TPSA) is 30.7 Å². The van der Waals surface area contributed by atoms with E-state index in [1.807, 2.05) is 19.9 Å². The van der Waals surface area contributed by atoms with E-state index >= 15 is 0 Å². The van der Waals surface area contributed by atoms with E-state index in [0.29, 0.717) is 5.70 Å². The molecule has 1 heterocycles. The normalized spacial score (nSPS) is 35.8. The Morgan fingerprint density at radius 2 is 2.29 bits per heavy atom. The summed E-state index contributed by atoms with van der Waals surface area (Å²) in [7, 11) is 0. The van der Waals surface area contributed by atoms with Gasteiger partial charge in [0.25, 0.3) is 0 Å². The maximum atomic E-state index is 12.2. The smallest absolute Gasteiger partial charge is 0.226 e. The van der Waals surface area contributed by atoms with Crippen LogP contribution < -0.4 is 0 Å². The number of hydrogen-bond donors (Lipinski definition) is 0. The van der Waals surface area contributed by atoms with Gasteiger partial charge in [-0.15, -0.1) is 0 Å². The van der Waals surface area contributed by atoms with Crippen molar-refractivity contribution in [2.75, 3.05) is 6.61 Å². The number of allylic oxidation sites excluding steroid dienone is 1. The maximum absolute atomic E-state index is 12.2. The van der Waals surface area contributed by atoms with Crippen LogP contribution in [0.3, 0.4) is 0 Å². The fourth-order valence-electron chi connectivity index (χ4n) is 3.31. The number of ketones is 1. The first-order chi connectivity index (χ1) is 7.98. The van der Waals surface area contributed by atoms with Gasteiger partial charge in [0.2, 0.25) is 5.70 Å². The zero-order valence-electron chi connectivity index (χ0n) is 10.7. The fourth-order valence-corrected chi connectivity index (χ4v) is 3.31. The molecule has 0 N–H and O–H groups in total. The number of fused-ring (bicyclic) bond motifs is 1. The summed E-state index contributed by atoms with van der Waals surface area (Å²) in [5.41, 5.74) is -0.390. The Morgan fingerprint density at radius 1 is 1.59 bits per heavy atom. The van der Waals surface area contributed by atoms with Crippen LogP contribution >= 0.6 is 0 Å². The van der Waals surface area contributed by atoms with Gasteiger partial charge >= 0.3 is 0 Å². The third-order valence-corrected chi connectivity index (χ3v) is 4.27. The first-order valence-electron chi connectivity index (χ1n) is 6.24. The van der Waals surface area contributed by atoms with E-state index in [2.05, 4.69) is 11.8 Å². The molecule has 2 atom stereocenters. The second-order valence-electron chi connectivity index (χ2n) is 5.63. The van der Waals surface area contributed by atoms with Crippen molar-refractivity contribution < 1.29 is 9.53 Å². The van der Waals surface area contributed by atoms with E-state index in [-0.39, 0.29) is 17.3 Å². The maximum Gasteiger partial charge on any atom is 0.226 e. The van der Waals surface area contributed by atoms with Crippen molar-refractivity contribution in [3.63, 3.8) is 0 Å². The number of hydrogen-bond acceptors (Lipinski definition) is 2. The van der Waals surface area contributed by atoms with E-state index in [0.717, 1.165) is 25.9 Å². The summed E-state index contributed by atoms with van der Waals surface area (Å²) in [5, 5.41) is 0. The molecule has 3 heteroatoms.